The zero-order chi connectivity index (χ0) is 24.3. The highest BCUT2D eigenvalue weighted by molar-refractivity contribution is 6.34. The van der Waals surface area contributed by atoms with Gasteiger partial charge >= 0.3 is 6.18 Å². The predicted molar refractivity (Wildman–Crippen MR) is 121 cm³/mol. The van der Waals surface area contributed by atoms with Crippen molar-refractivity contribution in [3.8, 4) is 28.1 Å². The molecule has 2 heterocycles. The Hall–Kier alpha value is -2.49. The first kappa shape index (κ1) is 23.3. The molecule has 0 atom stereocenters. The summed E-state index contributed by atoms with van der Waals surface area (Å²) in [4.78, 5) is 3.03. The van der Waals surface area contributed by atoms with Crippen molar-refractivity contribution < 1.29 is 27.8 Å². The summed E-state index contributed by atoms with van der Waals surface area (Å²) in [5.41, 5.74) is 0.267. The minimum Gasteiger partial charge on any atom is -0.495 e. The van der Waals surface area contributed by atoms with Crippen molar-refractivity contribution in [2.45, 2.75) is 63.1 Å². The normalized spacial score (nSPS) is 22.6. The van der Waals surface area contributed by atoms with E-state index in [0.717, 1.165) is 17.5 Å². The molecule has 0 unspecified atom stereocenters. The average Bonchev–Trinajstić information content (AvgIpc) is 3.31. The van der Waals surface area contributed by atoms with Gasteiger partial charge in [-0.05, 0) is 38.7 Å². The molecule has 1 aromatic carbocycles. The maximum atomic E-state index is 14.3. The largest absolute Gasteiger partial charge is 0.495 e. The van der Waals surface area contributed by atoms with E-state index < -0.39 is 23.5 Å². The number of H-pyrrole nitrogens is 1. The van der Waals surface area contributed by atoms with Crippen molar-refractivity contribution >= 4 is 11.6 Å². The number of hydrogen-bond donors (Lipinski definition) is 2. The third-order valence-electron chi connectivity index (χ3n) is 6.48. The van der Waals surface area contributed by atoms with Gasteiger partial charge in [-0.25, -0.2) is 0 Å². The molecule has 10 heteroatoms. The Kier molecular flexibility index (Phi) is 5.69. The Morgan fingerprint density at radius 1 is 1.24 bits per heavy atom. The lowest BCUT2D eigenvalue weighted by Gasteiger charge is -2.41. The number of aliphatic hydroxyl groups is 1. The highest BCUT2D eigenvalue weighted by Gasteiger charge is 2.46. The van der Waals surface area contributed by atoms with Crippen LogP contribution in [-0.4, -0.2) is 38.7 Å². The Labute approximate surface area is 199 Å². The van der Waals surface area contributed by atoms with Crippen molar-refractivity contribution in [1.82, 2.24) is 14.8 Å². The first-order valence-electron chi connectivity index (χ1n) is 11.1. The summed E-state index contributed by atoms with van der Waals surface area (Å²) in [5, 5.41) is 14.5. The highest BCUT2D eigenvalue weighted by Crippen LogP contribution is 2.47. The number of ether oxygens (including phenoxy) is 2. The molecule has 0 radical (unpaired) electrons. The Balaban J connectivity index is 1.62. The molecule has 2 N–H and O–H groups in total. The number of benzene rings is 1. The van der Waals surface area contributed by atoms with Crippen molar-refractivity contribution in [1.29, 1.82) is 0 Å². The van der Waals surface area contributed by atoms with Crippen LogP contribution in [0.15, 0.2) is 30.6 Å². The van der Waals surface area contributed by atoms with Crippen molar-refractivity contribution in [2.75, 3.05) is 7.11 Å². The van der Waals surface area contributed by atoms with Crippen LogP contribution in [0, 0.1) is 0 Å². The summed E-state index contributed by atoms with van der Waals surface area (Å²) in [6.45, 7) is 1.75. The zero-order valence-electron chi connectivity index (χ0n) is 18.7. The van der Waals surface area contributed by atoms with E-state index in [4.69, 9.17) is 21.1 Å². The fraction of sp³-hybridized carbons (Fsp3) is 0.458. The molecule has 6 nitrogen and oxygen atoms in total. The summed E-state index contributed by atoms with van der Waals surface area (Å²) in [5.74, 6) is 0.469. The number of methoxy groups -OCH3 is 1. The Bertz CT molecular complexity index is 1210. The Morgan fingerprint density at radius 2 is 1.97 bits per heavy atom. The minimum atomic E-state index is -4.64. The molecule has 0 spiro atoms. The molecule has 182 valence electrons. The fourth-order valence-electron chi connectivity index (χ4n) is 4.63. The maximum Gasteiger partial charge on any atom is 0.433 e. The van der Waals surface area contributed by atoms with Gasteiger partial charge in [0.1, 0.15) is 5.75 Å². The van der Waals surface area contributed by atoms with Gasteiger partial charge in [0, 0.05) is 28.5 Å². The maximum absolute atomic E-state index is 14.3. The summed E-state index contributed by atoms with van der Waals surface area (Å²) >= 11 is 6.55. The van der Waals surface area contributed by atoms with E-state index in [-0.39, 0.29) is 31.1 Å². The van der Waals surface area contributed by atoms with E-state index in [1.54, 1.807) is 31.3 Å². The van der Waals surface area contributed by atoms with Crippen molar-refractivity contribution in [3.05, 3.63) is 46.9 Å². The molecule has 5 rings (SSSR count). The number of aromatic amines is 1. The van der Waals surface area contributed by atoms with Gasteiger partial charge in [0.2, 0.25) is 0 Å². The number of halogens is 4. The lowest BCUT2D eigenvalue weighted by molar-refractivity contribution is -0.148. The molecule has 0 amide bonds. The fourth-order valence-corrected chi connectivity index (χ4v) is 4.93. The molecule has 2 saturated carbocycles. The van der Waals surface area contributed by atoms with E-state index in [1.807, 2.05) is 0 Å². The molecule has 0 aliphatic heterocycles. The number of nitrogens with one attached hydrogen (secondary N) is 1. The minimum absolute atomic E-state index is 0.0568. The third kappa shape index (κ3) is 4.21. The second-order valence-corrected chi connectivity index (χ2v) is 9.67. The topological polar surface area (TPSA) is 72.3 Å². The zero-order valence-corrected chi connectivity index (χ0v) is 19.5. The molecule has 2 fully saturated rings. The molecule has 3 aromatic rings. The van der Waals surface area contributed by atoms with Crippen LogP contribution in [-0.2, 0) is 17.5 Å². The SMILES string of the molecule is COc1cccc(-c2c[nH]c(-c3cnn(C4CC(C)(O)C4)c3C(F)(F)F)c2COC2CC2)c1Cl. The standard InChI is InChI=1S/C24H25ClF3N3O3/c1-23(32)8-13(9-23)31-22(24(26,27)28)17(11-30-31)21-18(12-34-14-6-7-14)16(10-29-21)15-4-3-5-19(33-2)20(15)25/h3-5,10-11,13-14,29,32H,6-9,12H2,1-2H3. The number of nitrogens with zero attached hydrogens (tertiary/aromatic N) is 2. The van der Waals surface area contributed by atoms with E-state index in [0.29, 0.717) is 33.2 Å². The molecular weight excluding hydrogens is 471 g/mol. The number of aromatic nitrogens is 3. The molecule has 2 aliphatic carbocycles. The van der Waals surface area contributed by atoms with Gasteiger partial charge in [-0.3, -0.25) is 4.68 Å². The molecule has 2 aliphatic rings. The molecular formula is C24H25ClF3N3O3. The van der Waals surface area contributed by atoms with E-state index in [2.05, 4.69) is 10.1 Å². The lowest BCUT2D eigenvalue weighted by Crippen LogP contribution is -2.43. The second kappa shape index (κ2) is 8.32. The lowest BCUT2D eigenvalue weighted by atomic mass is 9.77. The van der Waals surface area contributed by atoms with Gasteiger partial charge in [-0.15, -0.1) is 0 Å². The van der Waals surface area contributed by atoms with E-state index in [9.17, 15) is 18.3 Å². The van der Waals surface area contributed by atoms with Gasteiger partial charge in [0.15, 0.2) is 5.69 Å². The van der Waals surface area contributed by atoms with Crippen LogP contribution >= 0.6 is 11.6 Å². The second-order valence-electron chi connectivity index (χ2n) is 9.30. The van der Waals surface area contributed by atoms with Crippen LogP contribution < -0.4 is 4.74 Å². The van der Waals surface area contributed by atoms with Crippen LogP contribution in [0.5, 0.6) is 5.75 Å². The van der Waals surface area contributed by atoms with Crippen LogP contribution in [0.2, 0.25) is 5.02 Å². The summed E-state index contributed by atoms with van der Waals surface area (Å²) in [6, 6.07) is 4.77. The van der Waals surface area contributed by atoms with Crippen LogP contribution in [0.25, 0.3) is 22.4 Å². The summed E-state index contributed by atoms with van der Waals surface area (Å²) in [7, 11) is 1.51. The van der Waals surface area contributed by atoms with Crippen LogP contribution in [0.3, 0.4) is 0 Å². The van der Waals surface area contributed by atoms with Crippen LogP contribution in [0.1, 0.15) is 49.9 Å². The highest BCUT2D eigenvalue weighted by atomic mass is 35.5. The molecule has 2 aromatic heterocycles. The van der Waals surface area contributed by atoms with Gasteiger partial charge in [-0.1, -0.05) is 23.7 Å². The van der Waals surface area contributed by atoms with Gasteiger partial charge in [-0.2, -0.15) is 18.3 Å². The smallest absolute Gasteiger partial charge is 0.433 e. The van der Waals surface area contributed by atoms with E-state index >= 15 is 0 Å². The van der Waals surface area contributed by atoms with Crippen LogP contribution in [0.4, 0.5) is 13.2 Å². The molecule has 0 saturated heterocycles. The summed E-state index contributed by atoms with van der Waals surface area (Å²) < 4.78 is 55.1. The first-order chi connectivity index (χ1) is 16.1. The third-order valence-corrected chi connectivity index (χ3v) is 6.87. The first-order valence-corrected chi connectivity index (χ1v) is 11.5. The Morgan fingerprint density at radius 3 is 2.59 bits per heavy atom. The number of alkyl halides is 3. The monoisotopic (exact) mass is 495 g/mol. The molecule has 0 bridgehead atoms. The van der Waals surface area contributed by atoms with Crippen molar-refractivity contribution in [2.24, 2.45) is 0 Å². The average molecular weight is 496 g/mol. The quantitative estimate of drug-likeness (QED) is 0.422. The van der Waals surface area contributed by atoms with Crippen molar-refractivity contribution in [3.63, 3.8) is 0 Å². The predicted octanol–water partition coefficient (Wildman–Crippen LogP) is 5.99. The van der Waals surface area contributed by atoms with Gasteiger partial charge in [0.25, 0.3) is 0 Å². The number of rotatable bonds is 7. The number of hydrogen-bond acceptors (Lipinski definition) is 4. The van der Waals surface area contributed by atoms with E-state index in [1.165, 1.54) is 13.3 Å². The van der Waals surface area contributed by atoms with Gasteiger partial charge in [0.05, 0.1) is 48.4 Å². The van der Waals surface area contributed by atoms with Gasteiger partial charge < -0.3 is 19.6 Å². The summed E-state index contributed by atoms with van der Waals surface area (Å²) in [6.07, 6.45) is 0.644. The molecule has 34 heavy (non-hydrogen) atoms.